The molecule has 0 saturated carbocycles. The van der Waals surface area contributed by atoms with Crippen molar-refractivity contribution in [1.29, 1.82) is 0 Å². The van der Waals surface area contributed by atoms with Crippen molar-refractivity contribution < 1.29 is 14.3 Å². The topological polar surface area (TPSA) is 80.3 Å². The Kier molecular flexibility index (Phi) is 7.21. The third kappa shape index (κ3) is 6.17. The highest BCUT2D eigenvalue weighted by Gasteiger charge is 2.08. The van der Waals surface area contributed by atoms with Crippen LogP contribution in [0, 0.1) is 6.92 Å². The molecule has 0 fully saturated rings. The first-order valence-electron chi connectivity index (χ1n) is 9.10. The number of rotatable bonds is 7. The van der Waals surface area contributed by atoms with E-state index in [2.05, 4.69) is 15.6 Å². The van der Waals surface area contributed by atoms with Crippen molar-refractivity contribution in [2.45, 2.75) is 20.5 Å². The van der Waals surface area contributed by atoms with E-state index in [0.29, 0.717) is 28.8 Å². The maximum Gasteiger partial charge on any atom is 0.248 e. The van der Waals surface area contributed by atoms with Gasteiger partial charge in [-0.3, -0.25) is 9.59 Å². The largest absolute Gasteiger partial charge is 0.487 e. The van der Waals surface area contributed by atoms with Gasteiger partial charge >= 0.3 is 0 Å². The van der Waals surface area contributed by atoms with Gasteiger partial charge in [0.25, 0.3) is 0 Å². The van der Waals surface area contributed by atoms with Crippen LogP contribution in [0.15, 0.2) is 53.9 Å². The average molecular weight is 442 g/mol. The molecule has 2 amide bonds. The van der Waals surface area contributed by atoms with Gasteiger partial charge in [-0.05, 0) is 37.3 Å². The fourth-order valence-corrected chi connectivity index (χ4v) is 3.40. The lowest BCUT2D eigenvalue weighted by molar-refractivity contribution is -0.114. The number of carbonyl (C=O) groups is 2. The number of ether oxygens (including phenoxy) is 1. The molecule has 0 aliphatic carbocycles. The summed E-state index contributed by atoms with van der Waals surface area (Å²) in [5.74, 6) is 0.0347. The van der Waals surface area contributed by atoms with Gasteiger partial charge in [0, 0.05) is 29.0 Å². The summed E-state index contributed by atoms with van der Waals surface area (Å²) in [6.45, 7) is 3.69. The molecular formula is C22H20ClN3O3S. The SMILES string of the molecule is CC(=O)Nc1ccc(Cl)cc1NC(=O)/C=C/c1ccccc1OCc1csc(C)n1. The molecular weight excluding hydrogens is 422 g/mol. The Morgan fingerprint density at radius 3 is 2.70 bits per heavy atom. The van der Waals surface area contributed by atoms with Crippen molar-refractivity contribution in [1.82, 2.24) is 4.98 Å². The maximum atomic E-state index is 12.4. The van der Waals surface area contributed by atoms with Gasteiger partial charge in [-0.25, -0.2) is 4.98 Å². The second-order valence-electron chi connectivity index (χ2n) is 6.38. The van der Waals surface area contributed by atoms with Crippen molar-refractivity contribution in [3.8, 4) is 5.75 Å². The number of halogens is 1. The minimum absolute atomic E-state index is 0.246. The molecule has 0 spiro atoms. The molecule has 30 heavy (non-hydrogen) atoms. The highest BCUT2D eigenvalue weighted by Crippen LogP contribution is 2.26. The Balaban J connectivity index is 1.69. The van der Waals surface area contributed by atoms with Crippen LogP contribution in [0.3, 0.4) is 0 Å². The minimum atomic E-state index is -0.367. The van der Waals surface area contributed by atoms with Crippen LogP contribution in [0.25, 0.3) is 6.08 Å². The quantitative estimate of drug-likeness (QED) is 0.488. The predicted molar refractivity (Wildman–Crippen MR) is 121 cm³/mol. The molecule has 3 rings (SSSR count). The Morgan fingerprint density at radius 1 is 1.17 bits per heavy atom. The van der Waals surface area contributed by atoms with Gasteiger partial charge < -0.3 is 15.4 Å². The van der Waals surface area contributed by atoms with Crippen LogP contribution in [-0.4, -0.2) is 16.8 Å². The molecule has 2 N–H and O–H groups in total. The van der Waals surface area contributed by atoms with Gasteiger partial charge in [0.05, 0.1) is 22.1 Å². The summed E-state index contributed by atoms with van der Waals surface area (Å²) in [6.07, 6.45) is 3.06. The summed E-state index contributed by atoms with van der Waals surface area (Å²) in [6, 6.07) is 12.3. The average Bonchev–Trinajstić information content (AvgIpc) is 3.12. The molecule has 0 saturated heterocycles. The number of aryl methyl sites for hydroxylation is 1. The lowest BCUT2D eigenvalue weighted by atomic mass is 10.2. The van der Waals surface area contributed by atoms with Crippen molar-refractivity contribution in [3.05, 3.63) is 75.2 Å². The summed E-state index contributed by atoms with van der Waals surface area (Å²) < 4.78 is 5.86. The van der Waals surface area contributed by atoms with Crippen molar-refractivity contribution in [3.63, 3.8) is 0 Å². The number of hydrogen-bond acceptors (Lipinski definition) is 5. The molecule has 6 nitrogen and oxygen atoms in total. The summed E-state index contributed by atoms with van der Waals surface area (Å²) in [7, 11) is 0. The fraction of sp³-hybridized carbons (Fsp3) is 0.136. The third-order valence-electron chi connectivity index (χ3n) is 3.93. The van der Waals surface area contributed by atoms with E-state index in [9.17, 15) is 9.59 Å². The van der Waals surface area contributed by atoms with E-state index in [1.54, 1.807) is 35.6 Å². The second-order valence-corrected chi connectivity index (χ2v) is 7.88. The zero-order valence-corrected chi connectivity index (χ0v) is 18.0. The summed E-state index contributed by atoms with van der Waals surface area (Å²) in [5.41, 5.74) is 2.50. The molecule has 8 heteroatoms. The zero-order chi connectivity index (χ0) is 21.5. The number of anilines is 2. The molecule has 0 aliphatic rings. The number of para-hydroxylation sites is 1. The predicted octanol–water partition coefficient (Wildman–Crippen LogP) is 5.29. The highest BCUT2D eigenvalue weighted by atomic mass is 35.5. The van der Waals surface area contributed by atoms with Crippen LogP contribution in [-0.2, 0) is 16.2 Å². The van der Waals surface area contributed by atoms with Gasteiger partial charge in [0.15, 0.2) is 0 Å². The van der Waals surface area contributed by atoms with Crippen LogP contribution in [0.2, 0.25) is 5.02 Å². The lowest BCUT2D eigenvalue weighted by Gasteiger charge is -2.11. The highest BCUT2D eigenvalue weighted by molar-refractivity contribution is 7.09. The van der Waals surface area contributed by atoms with E-state index in [-0.39, 0.29) is 11.8 Å². The fourth-order valence-electron chi connectivity index (χ4n) is 2.63. The molecule has 154 valence electrons. The van der Waals surface area contributed by atoms with Crippen molar-refractivity contribution >= 4 is 52.2 Å². The summed E-state index contributed by atoms with van der Waals surface area (Å²) in [5, 5.41) is 8.78. The van der Waals surface area contributed by atoms with Crippen LogP contribution in [0.1, 0.15) is 23.2 Å². The van der Waals surface area contributed by atoms with Gasteiger partial charge in [-0.15, -0.1) is 11.3 Å². The molecule has 2 aromatic carbocycles. The van der Waals surface area contributed by atoms with E-state index in [1.807, 2.05) is 36.6 Å². The number of aromatic nitrogens is 1. The first-order chi connectivity index (χ1) is 14.4. The molecule has 1 heterocycles. The number of benzene rings is 2. The molecule has 0 unspecified atom stereocenters. The molecule has 0 atom stereocenters. The lowest BCUT2D eigenvalue weighted by Crippen LogP contribution is -2.13. The first-order valence-corrected chi connectivity index (χ1v) is 10.4. The number of amides is 2. The van der Waals surface area contributed by atoms with Gasteiger partial charge in [0.2, 0.25) is 11.8 Å². The Bertz CT molecular complexity index is 1090. The van der Waals surface area contributed by atoms with E-state index < -0.39 is 0 Å². The van der Waals surface area contributed by atoms with E-state index >= 15 is 0 Å². The van der Waals surface area contributed by atoms with Crippen LogP contribution in [0.5, 0.6) is 5.75 Å². The summed E-state index contributed by atoms with van der Waals surface area (Å²) >= 11 is 7.59. The Labute approximate surface area is 183 Å². The van der Waals surface area contributed by atoms with E-state index in [1.165, 1.54) is 13.0 Å². The van der Waals surface area contributed by atoms with Gasteiger partial charge in [-0.2, -0.15) is 0 Å². The second kappa shape index (κ2) is 10.0. The van der Waals surface area contributed by atoms with Crippen molar-refractivity contribution in [2.24, 2.45) is 0 Å². The van der Waals surface area contributed by atoms with E-state index in [4.69, 9.17) is 16.3 Å². The van der Waals surface area contributed by atoms with E-state index in [0.717, 1.165) is 16.3 Å². The molecule has 0 aliphatic heterocycles. The van der Waals surface area contributed by atoms with Crippen molar-refractivity contribution in [2.75, 3.05) is 10.6 Å². The molecule has 0 radical (unpaired) electrons. The zero-order valence-electron chi connectivity index (χ0n) is 16.4. The molecule has 1 aromatic heterocycles. The maximum absolute atomic E-state index is 12.4. The van der Waals surface area contributed by atoms with Gasteiger partial charge in [-0.1, -0.05) is 29.8 Å². The number of hydrogen-bond donors (Lipinski definition) is 2. The number of carbonyl (C=O) groups excluding carboxylic acids is 2. The minimum Gasteiger partial charge on any atom is -0.487 e. The number of nitrogens with one attached hydrogen (secondary N) is 2. The van der Waals surface area contributed by atoms with Crippen LogP contribution >= 0.6 is 22.9 Å². The smallest absolute Gasteiger partial charge is 0.248 e. The first kappa shape index (κ1) is 21.5. The summed E-state index contributed by atoms with van der Waals surface area (Å²) in [4.78, 5) is 28.2. The standard InChI is InChI=1S/C22H20ClN3O3S/c1-14(27)24-19-9-8-17(23)11-20(19)26-22(28)10-7-16-5-3-4-6-21(16)29-12-18-13-30-15(2)25-18/h3-11,13H,12H2,1-2H3,(H,24,27)(H,26,28)/b10-7+. The molecule has 0 bridgehead atoms. The molecule has 3 aromatic rings. The van der Waals surface area contributed by atoms with Crippen LogP contribution in [0.4, 0.5) is 11.4 Å². The van der Waals surface area contributed by atoms with Crippen LogP contribution < -0.4 is 15.4 Å². The monoisotopic (exact) mass is 441 g/mol. The number of thiazole rings is 1. The Morgan fingerprint density at radius 2 is 1.97 bits per heavy atom. The normalized spacial score (nSPS) is 10.8. The number of nitrogens with zero attached hydrogens (tertiary/aromatic N) is 1. The van der Waals surface area contributed by atoms with Gasteiger partial charge in [0.1, 0.15) is 12.4 Å². The Hall–Kier alpha value is -3.16. The third-order valence-corrected chi connectivity index (χ3v) is 4.98.